The predicted molar refractivity (Wildman–Crippen MR) is 65.0 cm³/mol. The summed E-state index contributed by atoms with van der Waals surface area (Å²) in [7, 11) is 4.71. The standard InChI is InChI=1S/C12H19FN2O3/c1-5-18-11-9(13)8(6-7-15-11)10(14-2)12(16-3)17-4/h6-7,10,12,14H,5H2,1-4H3. The van der Waals surface area contributed by atoms with Gasteiger partial charge in [-0.3, -0.25) is 0 Å². The topological polar surface area (TPSA) is 52.6 Å². The lowest BCUT2D eigenvalue weighted by molar-refractivity contribution is -0.123. The first-order valence-corrected chi connectivity index (χ1v) is 5.69. The van der Waals surface area contributed by atoms with Gasteiger partial charge in [0.2, 0.25) is 0 Å². The summed E-state index contributed by atoms with van der Waals surface area (Å²) in [5.74, 6) is -0.515. The zero-order chi connectivity index (χ0) is 13.5. The minimum absolute atomic E-state index is 0.0128. The summed E-state index contributed by atoms with van der Waals surface area (Å²) in [5.41, 5.74) is 0.393. The van der Waals surface area contributed by atoms with Gasteiger partial charge in [0, 0.05) is 26.0 Å². The molecule has 0 spiro atoms. The van der Waals surface area contributed by atoms with E-state index >= 15 is 0 Å². The first-order chi connectivity index (χ1) is 8.69. The largest absolute Gasteiger partial charge is 0.476 e. The van der Waals surface area contributed by atoms with E-state index in [1.807, 2.05) is 0 Å². The van der Waals surface area contributed by atoms with E-state index in [0.29, 0.717) is 12.2 Å². The van der Waals surface area contributed by atoms with E-state index in [4.69, 9.17) is 14.2 Å². The highest BCUT2D eigenvalue weighted by Gasteiger charge is 2.26. The number of rotatable bonds is 7. The van der Waals surface area contributed by atoms with Crippen molar-refractivity contribution in [1.82, 2.24) is 10.3 Å². The molecular formula is C12H19FN2O3. The summed E-state index contributed by atoms with van der Waals surface area (Å²) in [6.45, 7) is 2.13. The molecule has 0 bridgehead atoms. The minimum Gasteiger partial charge on any atom is -0.476 e. The van der Waals surface area contributed by atoms with Gasteiger partial charge in [-0.2, -0.15) is 0 Å². The van der Waals surface area contributed by atoms with Crippen LogP contribution in [0.2, 0.25) is 0 Å². The molecule has 1 aromatic rings. The van der Waals surface area contributed by atoms with Crippen LogP contribution in [0.3, 0.4) is 0 Å². The maximum atomic E-state index is 14.2. The Morgan fingerprint density at radius 2 is 2.06 bits per heavy atom. The number of halogens is 1. The van der Waals surface area contributed by atoms with E-state index in [2.05, 4.69) is 10.3 Å². The van der Waals surface area contributed by atoms with Gasteiger partial charge in [-0.05, 0) is 20.0 Å². The molecule has 0 aliphatic carbocycles. The Kier molecular flexibility index (Phi) is 5.97. The van der Waals surface area contributed by atoms with E-state index in [-0.39, 0.29) is 5.88 Å². The third-order valence-electron chi connectivity index (χ3n) is 2.55. The van der Waals surface area contributed by atoms with Crippen molar-refractivity contribution in [3.8, 4) is 5.88 Å². The highest BCUT2D eigenvalue weighted by Crippen LogP contribution is 2.26. The molecule has 0 saturated carbocycles. The number of hydrogen-bond donors (Lipinski definition) is 1. The molecule has 5 nitrogen and oxygen atoms in total. The number of nitrogens with one attached hydrogen (secondary N) is 1. The lowest BCUT2D eigenvalue weighted by atomic mass is 10.1. The lowest BCUT2D eigenvalue weighted by Gasteiger charge is -2.25. The number of nitrogens with zero attached hydrogens (tertiary/aromatic N) is 1. The van der Waals surface area contributed by atoms with E-state index < -0.39 is 18.1 Å². The maximum Gasteiger partial charge on any atom is 0.250 e. The molecule has 0 saturated heterocycles. The average Bonchev–Trinajstić information content (AvgIpc) is 2.39. The van der Waals surface area contributed by atoms with Gasteiger partial charge in [0.15, 0.2) is 12.1 Å². The minimum atomic E-state index is -0.596. The van der Waals surface area contributed by atoms with E-state index in [1.165, 1.54) is 20.4 Å². The number of methoxy groups -OCH3 is 2. The van der Waals surface area contributed by atoms with Crippen molar-refractivity contribution in [2.75, 3.05) is 27.9 Å². The van der Waals surface area contributed by atoms with Crippen LogP contribution in [0.1, 0.15) is 18.5 Å². The van der Waals surface area contributed by atoms with Crippen molar-refractivity contribution in [2.24, 2.45) is 0 Å². The van der Waals surface area contributed by atoms with Crippen molar-refractivity contribution < 1.29 is 18.6 Å². The fraction of sp³-hybridized carbons (Fsp3) is 0.583. The molecule has 1 rings (SSSR count). The van der Waals surface area contributed by atoms with E-state index in [0.717, 1.165) is 0 Å². The molecule has 0 fully saturated rings. The van der Waals surface area contributed by atoms with Crippen LogP contribution in [0.15, 0.2) is 12.3 Å². The summed E-state index contributed by atoms with van der Waals surface area (Å²) < 4.78 is 29.6. The molecule has 6 heteroatoms. The van der Waals surface area contributed by atoms with Crippen molar-refractivity contribution >= 4 is 0 Å². The maximum absolute atomic E-state index is 14.2. The normalized spacial score (nSPS) is 12.8. The van der Waals surface area contributed by atoms with Crippen LogP contribution in [0.4, 0.5) is 4.39 Å². The second-order valence-electron chi connectivity index (χ2n) is 3.56. The third-order valence-corrected chi connectivity index (χ3v) is 2.55. The highest BCUT2D eigenvalue weighted by molar-refractivity contribution is 5.27. The first-order valence-electron chi connectivity index (χ1n) is 5.69. The van der Waals surface area contributed by atoms with Crippen LogP contribution in [-0.2, 0) is 9.47 Å². The molecule has 0 aromatic carbocycles. The van der Waals surface area contributed by atoms with Crippen LogP contribution in [0.5, 0.6) is 5.88 Å². The average molecular weight is 258 g/mol. The van der Waals surface area contributed by atoms with Gasteiger partial charge in [-0.1, -0.05) is 0 Å². The van der Waals surface area contributed by atoms with Gasteiger partial charge in [-0.25, -0.2) is 9.37 Å². The second kappa shape index (κ2) is 7.25. The second-order valence-corrected chi connectivity index (χ2v) is 3.56. The predicted octanol–water partition coefficient (Wildman–Crippen LogP) is 1.50. The summed E-state index contributed by atoms with van der Waals surface area (Å²) in [5, 5.41) is 2.96. The smallest absolute Gasteiger partial charge is 0.250 e. The Labute approximate surface area is 106 Å². The van der Waals surface area contributed by atoms with E-state index in [1.54, 1.807) is 20.0 Å². The van der Waals surface area contributed by atoms with Crippen LogP contribution in [0, 0.1) is 5.82 Å². The van der Waals surface area contributed by atoms with Crippen molar-refractivity contribution in [2.45, 2.75) is 19.3 Å². The molecule has 0 aliphatic rings. The molecule has 1 aromatic heterocycles. The molecule has 1 atom stereocenters. The highest BCUT2D eigenvalue weighted by atomic mass is 19.1. The Bertz CT molecular complexity index is 372. The van der Waals surface area contributed by atoms with Gasteiger partial charge in [-0.15, -0.1) is 0 Å². The van der Waals surface area contributed by atoms with Crippen LogP contribution in [-0.4, -0.2) is 39.1 Å². The summed E-state index contributed by atoms with van der Waals surface area (Å²) in [4.78, 5) is 3.85. The number of pyridine rings is 1. The fourth-order valence-electron chi connectivity index (χ4n) is 1.72. The van der Waals surface area contributed by atoms with Gasteiger partial charge in [0.1, 0.15) is 0 Å². The van der Waals surface area contributed by atoms with Crippen LogP contribution in [0.25, 0.3) is 0 Å². The Balaban J connectivity index is 3.09. The Morgan fingerprint density at radius 1 is 1.39 bits per heavy atom. The van der Waals surface area contributed by atoms with Gasteiger partial charge in [0.25, 0.3) is 5.88 Å². The van der Waals surface area contributed by atoms with Crippen LogP contribution >= 0.6 is 0 Å². The fourth-order valence-corrected chi connectivity index (χ4v) is 1.72. The SMILES string of the molecule is CCOc1nccc(C(NC)C(OC)OC)c1F. The van der Waals surface area contributed by atoms with Gasteiger partial charge >= 0.3 is 0 Å². The molecule has 0 amide bonds. The van der Waals surface area contributed by atoms with Gasteiger partial charge in [0.05, 0.1) is 12.6 Å². The zero-order valence-corrected chi connectivity index (χ0v) is 11.1. The number of ether oxygens (including phenoxy) is 3. The molecule has 102 valence electrons. The van der Waals surface area contributed by atoms with Crippen molar-refractivity contribution in [3.63, 3.8) is 0 Å². The number of hydrogen-bond acceptors (Lipinski definition) is 5. The Morgan fingerprint density at radius 3 is 2.56 bits per heavy atom. The lowest BCUT2D eigenvalue weighted by Crippen LogP contribution is -2.33. The zero-order valence-electron chi connectivity index (χ0n) is 11.1. The molecule has 18 heavy (non-hydrogen) atoms. The monoisotopic (exact) mass is 258 g/mol. The van der Waals surface area contributed by atoms with Crippen molar-refractivity contribution in [1.29, 1.82) is 0 Å². The molecule has 1 N–H and O–H groups in total. The van der Waals surface area contributed by atoms with E-state index in [9.17, 15) is 4.39 Å². The molecule has 0 radical (unpaired) electrons. The van der Waals surface area contributed by atoms with Gasteiger partial charge < -0.3 is 19.5 Å². The summed E-state index contributed by atoms with van der Waals surface area (Å²) in [6, 6.07) is 1.13. The summed E-state index contributed by atoms with van der Waals surface area (Å²) in [6.07, 6.45) is 0.900. The summed E-state index contributed by atoms with van der Waals surface area (Å²) >= 11 is 0. The third kappa shape index (κ3) is 3.16. The molecular weight excluding hydrogens is 239 g/mol. The van der Waals surface area contributed by atoms with Crippen molar-refractivity contribution in [3.05, 3.63) is 23.6 Å². The Hall–Kier alpha value is -1.24. The van der Waals surface area contributed by atoms with Crippen LogP contribution < -0.4 is 10.1 Å². The number of likely N-dealkylation sites (N-methyl/N-ethyl adjacent to an activating group) is 1. The molecule has 1 unspecified atom stereocenters. The molecule has 1 heterocycles. The number of aromatic nitrogens is 1. The quantitative estimate of drug-likeness (QED) is 0.751. The molecule has 0 aliphatic heterocycles. The first kappa shape index (κ1) is 14.8.